The van der Waals surface area contributed by atoms with Gasteiger partial charge in [-0.15, -0.1) is 0 Å². The molecule has 1 unspecified atom stereocenters. The molecule has 0 spiro atoms. The summed E-state index contributed by atoms with van der Waals surface area (Å²) in [7, 11) is 0. The van der Waals surface area contributed by atoms with Crippen molar-refractivity contribution in [1.82, 2.24) is 5.32 Å². The Kier molecular flexibility index (Phi) is 4.09. The Morgan fingerprint density at radius 3 is 2.38 bits per heavy atom. The number of rotatable bonds is 3. The van der Waals surface area contributed by atoms with Gasteiger partial charge in [0.25, 0.3) is 0 Å². The first kappa shape index (κ1) is 13.2. The second-order valence-electron chi connectivity index (χ2n) is 5.36. The molecular formula is C14H22FN. The highest BCUT2D eigenvalue weighted by Crippen LogP contribution is 2.34. The molecule has 0 bridgehead atoms. The molecule has 0 saturated carbocycles. The van der Waals surface area contributed by atoms with Crippen LogP contribution in [0.25, 0.3) is 0 Å². The van der Waals surface area contributed by atoms with Crippen LogP contribution in [0.2, 0.25) is 0 Å². The van der Waals surface area contributed by atoms with E-state index in [0.717, 1.165) is 12.1 Å². The Hall–Kier alpha value is -0.890. The number of hydrogen-bond acceptors (Lipinski definition) is 1. The van der Waals surface area contributed by atoms with Gasteiger partial charge >= 0.3 is 0 Å². The molecule has 0 heterocycles. The predicted molar refractivity (Wildman–Crippen MR) is 67.0 cm³/mol. The van der Waals surface area contributed by atoms with E-state index in [4.69, 9.17) is 0 Å². The van der Waals surface area contributed by atoms with Crippen molar-refractivity contribution < 1.29 is 4.39 Å². The zero-order valence-electron chi connectivity index (χ0n) is 10.9. The molecule has 2 heteroatoms. The Labute approximate surface area is 98.1 Å². The molecule has 0 aromatic heterocycles. The van der Waals surface area contributed by atoms with Gasteiger partial charge < -0.3 is 5.32 Å². The number of nitrogens with one attached hydrogen (secondary N) is 1. The lowest BCUT2D eigenvalue weighted by molar-refractivity contribution is 0.275. The van der Waals surface area contributed by atoms with E-state index >= 15 is 0 Å². The molecule has 1 N–H and O–H groups in total. The molecule has 1 aromatic rings. The van der Waals surface area contributed by atoms with E-state index in [2.05, 4.69) is 33.0 Å². The molecule has 1 nitrogen and oxygen atoms in total. The van der Waals surface area contributed by atoms with E-state index in [1.54, 1.807) is 12.1 Å². The summed E-state index contributed by atoms with van der Waals surface area (Å²) in [5, 5.41) is 3.48. The zero-order chi connectivity index (χ0) is 12.3. The molecule has 0 saturated heterocycles. The molecule has 90 valence electrons. The second-order valence-corrected chi connectivity index (χ2v) is 5.36. The minimum atomic E-state index is -0.162. The lowest BCUT2D eigenvalue weighted by atomic mass is 9.81. The van der Waals surface area contributed by atoms with Crippen molar-refractivity contribution >= 4 is 0 Å². The fourth-order valence-electron chi connectivity index (χ4n) is 2.05. The summed E-state index contributed by atoms with van der Waals surface area (Å²) in [5.74, 6) is -0.162. The molecule has 16 heavy (non-hydrogen) atoms. The third-order valence-electron chi connectivity index (χ3n) is 2.82. The van der Waals surface area contributed by atoms with Crippen LogP contribution in [0.1, 0.15) is 44.9 Å². The van der Waals surface area contributed by atoms with Crippen LogP contribution in [-0.2, 0) is 0 Å². The maximum atomic E-state index is 13.1. The van der Waals surface area contributed by atoms with Crippen LogP contribution < -0.4 is 5.32 Å². The fourth-order valence-corrected chi connectivity index (χ4v) is 2.05. The van der Waals surface area contributed by atoms with E-state index in [0.29, 0.717) is 0 Å². The van der Waals surface area contributed by atoms with Crippen LogP contribution in [0.15, 0.2) is 18.2 Å². The van der Waals surface area contributed by atoms with Crippen molar-refractivity contribution in [3.8, 4) is 0 Å². The molecule has 0 fully saturated rings. The Morgan fingerprint density at radius 1 is 1.31 bits per heavy atom. The van der Waals surface area contributed by atoms with Gasteiger partial charge in [0.1, 0.15) is 5.82 Å². The van der Waals surface area contributed by atoms with Gasteiger partial charge in [0.05, 0.1) is 0 Å². The lowest BCUT2D eigenvalue weighted by Gasteiger charge is -2.33. The van der Waals surface area contributed by atoms with Gasteiger partial charge in [-0.1, -0.05) is 33.8 Å². The number of aryl methyl sites for hydroxylation is 1. The first-order valence-electron chi connectivity index (χ1n) is 5.85. The fraction of sp³-hybridized carbons (Fsp3) is 0.571. The molecule has 0 radical (unpaired) electrons. The van der Waals surface area contributed by atoms with Gasteiger partial charge in [0.2, 0.25) is 0 Å². The maximum Gasteiger partial charge on any atom is 0.123 e. The third-order valence-corrected chi connectivity index (χ3v) is 2.82. The van der Waals surface area contributed by atoms with E-state index < -0.39 is 0 Å². The quantitative estimate of drug-likeness (QED) is 0.821. The van der Waals surface area contributed by atoms with Crippen LogP contribution in [-0.4, -0.2) is 6.54 Å². The first-order valence-corrected chi connectivity index (χ1v) is 5.85. The van der Waals surface area contributed by atoms with Crippen molar-refractivity contribution in [1.29, 1.82) is 0 Å². The smallest absolute Gasteiger partial charge is 0.123 e. The molecule has 0 aliphatic heterocycles. The van der Waals surface area contributed by atoms with Crippen LogP contribution in [0.4, 0.5) is 4.39 Å². The summed E-state index contributed by atoms with van der Waals surface area (Å²) < 4.78 is 13.1. The van der Waals surface area contributed by atoms with E-state index in [1.165, 1.54) is 5.56 Å². The summed E-state index contributed by atoms with van der Waals surface area (Å²) in [6, 6.07) is 5.30. The maximum absolute atomic E-state index is 13.1. The molecule has 0 amide bonds. The topological polar surface area (TPSA) is 12.0 Å². The van der Waals surface area contributed by atoms with Crippen molar-refractivity contribution in [3.05, 3.63) is 35.1 Å². The van der Waals surface area contributed by atoms with Gasteiger partial charge in [0.15, 0.2) is 0 Å². The average molecular weight is 223 g/mol. The van der Waals surface area contributed by atoms with Crippen molar-refractivity contribution in [2.75, 3.05) is 6.54 Å². The van der Waals surface area contributed by atoms with E-state index in [1.807, 2.05) is 13.0 Å². The summed E-state index contributed by atoms with van der Waals surface area (Å²) in [4.78, 5) is 0. The van der Waals surface area contributed by atoms with Crippen molar-refractivity contribution in [2.24, 2.45) is 5.41 Å². The Morgan fingerprint density at radius 2 is 1.94 bits per heavy atom. The summed E-state index contributed by atoms with van der Waals surface area (Å²) in [6.45, 7) is 11.6. The average Bonchev–Trinajstić information content (AvgIpc) is 2.13. The standard InChI is InChI=1S/C14H22FN/c1-6-16-13(14(3,4)5)12-8-7-11(15)9-10(12)2/h7-9,13,16H,6H2,1-5H3. The summed E-state index contributed by atoms with van der Waals surface area (Å²) in [6.07, 6.45) is 0. The normalized spacial score (nSPS) is 13.9. The van der Waals surface area contributed by atoms with Crippen LogP contribution in [0.3, 0.4) is 0 Å². The van der Waals surface area contributed by atoms with E-state index in [9.17, 15) is 4.39 Å². The SMILES string of the molecule is CCNC(c1ccc(F)cc1C)C(C)(C)C. The molecule has 0 aliphatic rings. The molecule has 1 rings (SSSR count). The summed E-state index contributed by atoms with van der Waals surface area (Å²) >= 11 is 0. The van der Waals surface area contributed by atoms with Crippen LogP contribution in [0, 0.1) is 18.2 Å². The third kappa shape index (κ3) is 3.05. The number of hydrogen-bond donors (Lipinski definition) is 1. The monoisotopic (exact) mass is 223 g/mol. The van der Waals surface area contributed by atoms with Crippen LogP contribution in [0.5, 0.6) is 0 Å². The highest BCUT2D eigenvalue weighted by molar-refractivity contribution is 5.30. The van der Waals surface area contributed by atoms with Gasteiger partial charge in [-0.2, -0.15) is 0 Å². The Balaban J connectivity index is 3.11. The summed E-state index contributed by atoms with van der Waals surface area (Å²) in [5.41, 5.74) is 2.33. The molecule has 0 aliphatic carbocycles. The second kappa shape index (κ2) is 4.96. The number of benzene rings is 1. The molecule has 1 aromatic carbocycles. The Bertz CT molecular complexity index is 352. The lowest BCUT2D eigenvalue weighted by Crippen LogP contribution is -2.32. The number of halogens is 1. The predicted octanol–water partition coefficient (Wildman–Crippen LogP) is 3.83. The van der Waals surface area contributed by atoms with E-state index in [-0.39, 0.29) is 17.3 Å². The zero-order valence-corrected chi connectivity index (χ0v) is 10.9. The minimum absolute atomic E-state index is 0.124. The van der Waals surface area contributed by atoms with Crippen molar-refractivity contribution in [3.63, 3.8) is 0 Å². The molecular weight excluding hydrogens is 201 g/mol. The van der Waals surface area contributed by atoms with Gasteiger partial charge in [0, 0.05) is 6.04 Å². The first-order chi connectivity index (χ1) is 7.36. The highest BCUT2D eigenvalue weighted by atomic mass is 19.1. The largest absolute Gasteiger partial charge is 0.310 e. The molecule has 1 atom stereocenters. The van der Waals surface area contributed by atoms with Gasteiger partial charge in [-0.25, -0.2) is 4.39 Å². The van der Waals surface area contributed by atoms with Crippen molar-refractivity contribution in [2.45, 2.75) is 40.7 Å². The van der Waals surface area contributed by atoms with Crippen LogP contribution >= 0.6 is 0 Å². The van der Waals surface area contributed by atoms with Gasteiger partial charge in [-0.05, 0) is 42.1 Å². The minimum Gasteiger partial charge on any atom is -0.310 e. The highest BCUT2D eigenvalue weighted by Gasteiger charge is 2.26. The van der Waals surface area contributed by atoms with Gasteiger partial charge in [-0.3, -0.25) is 0 Å².